The van der Waals surface area contributed by atoms with E-state index in [-0.39, 0.29) is 17.4 Å². The average molecular weight is 453 g/mol. The van der Waals surface area contributed by atoms with Crippen molar-refractivity contribution in [1.29, 1.82) is 0 Å². The van der Waals surface area contributed by atoms with Crippen LogP contribution in [0.3, 0.4) is 0 Å². The van der Waals surface area contributed by atoms with Gasteiger partial charge in [-0.05, 0) is 43.7 Å². The number of esters is 1. The van der Waals surface area contributed by atoms with Crippen molar-refractivity contribution in [3.8, 4) is 28.6 Å². The van der Waals surface area contributed by atoms with Gasteiger partial charge in [0.2, 0.25) is 0 Å². The van der Waals surface area contributed by atoms with Gasteiger partial charge in [-0.3, -0.25) is 14.5 Å². The van der Waals surface area contributed by atoms with E-state index in [0.717, 1.165) is 24.9 Å². The molecule has 1 unspecified atom stereocenters. The molecule has 0 radical (unpaired) electrons. The summed E-state index contributed by atoms with van der Waals surface area (Å²) in [5.41, 5.74) is 0.935. The molecule has 3 aromatic rings. The predicted octanol–water partition coefficient (Wildman–Crippen LogP) is 3.49. The summed E-state index contributed by atoms with van der Waals surface area (Å²) in [6.07, 6.45) is 1.79. The van der Waals surface area contributed by atoms with Gasteiger partial charge in [0.25, 0.3) is 0 Å². The largest absolute Gasteiger partial charge is 0.496 e. The van der Waals surface area contributed by atoms with E-state index in [1.165, 1.54) is 20.3 Å². The van der Waals surface area contributed by atoms with Crippen LogP contribution < -0.4 is 19.6 Å². The number of fused-ring (bicyclic) bond motifs is 1. The van der Waals surface area contributed by atoms with Gasteiger partial charge in [0.05, 0.1) is 21.3 Å². The first-order chi connectivity index (χ1) is 16.0. The SMILES string of the molecule is COC(=O)C1CCCN1CCOc1ccc(-c2cc(=O)c3c(OC)cc(OC)cc3o2)cc1. The molecule has 1 aliphatic rings. The van der Waals surface area contributed by atoms with Crippen LogP contribution >= 0.6 is 0 Å². The molecule has 33 heavy (non-hydrogen) atoms. The summed E-state index contributed by atoms with van der Waals surface area (Å²) in [6.45, 7) is 1.96. The third-order valence-corrected chi connectivity index (χ3v) is 5.85. The van der Waals surface area contributed by atoms with Gasteiger partial charge in [0.1, 0.15) is 46.6 Å². The van der Waals surface area contributed by atoms with Crippen molar-refractivity contribution in [3.63, 3.8) is 0 Å². The van der Waals surface area contributed by atoms with Crippen LogP contribution in [-0.2, 0) is 9.53 Å². The third kappa shape index (κ3) is 4.80. The van der Waals surface area contributed by atoms with E-state index < -0.39 is 0 Å². The zero-order valence-corrected chi connectivity index (χ0v) is 19.0. The zero-order valence-electron chi connectivity index (χ0n) is 19.0. The molecule has 8 heteroatoms. The first kappa shape index (κ1) is 22.7. The summed E-state index contributed by atoms with van der Waals surface area (Å²) in [5, 5.41) is 0.370. The van der Waals surface area contributed by atoms with Crippen LogP contribution in [0.5, 0.6) is 17.2 Å². The Morgan fingerprint density at radius 2 is 1.85 bits per heavy atom. The summed E-state index contributed by atoms with van der Waals surface area (Å²) < 4.78 is 27.3. The molecular weight excluding hydrogens is 426 g/mol. The van der Waals surface area contributed by atoms with Gasteiger partial charge in [-0.1, -0.05) is 0 Å². The molecule has 1 fully saturated rings. The minimum atomic E-state index is -0.197. The number of hydrogen-bond donors (Lipinski definition) is 0. The van der Waals surface area contributed by atoms with Crippen molar-refractivity contribution >= 4 is 16.9 Å². The minimum Gasteiger partial charge on any atom is -0.496 e. The third-order valence-electron chi connectivity index (χ3n) is 5.85. The molecule has 1 saturated heterocycles. The van der Waals surface area contributed by atoms with Crippen molar-refractivity contribution in [1.82, 2.24) is 4.90 Å². The average Bonchev–Trinajstić information content (AvgIpc) is 3.31. The van der Waals surface area contributed by atoms with Crippen LogP contribution in [0.4, 0.5) is 0 Å². The smallest absolute Gasteiger partial charge is 0.323 e. The molecule has 8 nitrogen and oxygen atoms in total. The number of carbonyl (C=O) groups is 1. The van der Waals surface area contributed by atoms with Crippen molar-refractivity contribution in [2.75, 3.05) is 41.0 Å². The van der Waals surface area contributed by atoms with Gasteiger partial charge in [-0.2, -0.15) is 0 Å². The highest BCUT2D eigenvalue weighted by atomic mass is 16.5. The molecule has 1 aliphatic heterocycles. The fourth-order valence-corrected chi connectivity index (χ4v) is 4.14. The van der Waals surface area contributed by atoms with E-state index >= 15 is 0 Å². The van der Waals surface area contributed by atoms with Crippen LogP contribution in [0.15, 0.2) is 51.7 Å². The second kappa shape index (κ2) is 9.95. The van der Waals surface area contributed by atoms with Gasteiger partial charge in [0, 0.05) is 30.3 Å². The first-order valence-corrected chi connectivity index (χ1v) is 10.8. The Morgan fingerprint density at radius 3 is 2.55 bits per heavy atom. The zero-order chi connectivity index (χ0) is 23.4. The standard InChI is InChI=1S/C25H27NO7/c1-29-18-13-22(30-2)24-20(27)15-21(33-23(24)14-18)16-6-8-17(9-7-16)32-12-11-26-10-4-5-19(26)25(28)31-3/h6-9,13-15,19H,4-5,10-12H2,1-3H3. The Balaban J connectivity index is 1.47. The summed E-state index contributed by atoms with van der Waals surface area (Å²) >= 11 is 0. The molecule has 0 bridgehead atoms. The van der Waals surface area contributed by atoms with Crippen LogP contribution in [-0.4, -0.2) is 57.9 Å². The quantitative estimate of drug-likeness (QED) is 0.479. The van der Waals surface area contributed by atoms with Crippen molar-refractivity contribution < 1.29 is 28.2 Å². The summed E-state index contributed by atoms with van der Waals surface area (Å²) in [7, 11) is 4.46. The highest BCUT2D eigenvalue weighted by Gasteiger charge is 2.31. The molecule has 174 valence electrons. The Morgan fingerprint density at radius 1 is 1.06 bits per heavy atom. The maximum absolute atomic E-state index is 12.7. The van der Waals surface area contributed by atoms with Crippen LogP contribution in [0.2, 0.25) is 0 Å². The van der Waals surface area contributed by atoms with Crippen molar-refractivity contribution in [3.05, 3.63) is 52.7 Å². The molecule has 0 saturated carbocycles. The number of carbonyl (C=O) groups excluding carboxylic acids is 1. The molecule has 0 N–H and O–H groups in total. The van der Waals surface area contributed by atoms with E-state index in [1.54, 1.807) is 19.2 Å². The van der Waals surface area contributed by atoms with E-state index in [0.29, 0.717) is 47.1 Å². The van der Waals surface area contributed by atoms with Gasteiger partial charge >= 0.3 is 5.97 Å². The molecule has 1 aromatic heterocycles. The Kier molecular flexibility index (Phi) is 6.84. The molecule has 0 amide bonds. The number of benzene rings is 2. The van der Waals surface area contributed by atoms with Crippen molar-refractivity contribution in [2.45, 2.75) is 18.9 Å². The maximum atomic E-state index is 12.7. The molecular formula is C25H27NO7. The molecule has 4 rings (SSSR count). The maximum Gasteiger partial charge on any atom is 0.323 e. The van der Waals surface area contributed by atoms with E-state index in [9.17, 15) is 9.59 Å². The minimum absolute atomic E-state index is 0.186. The fourth-order valence-electron chi connectivity index (χ4n) is 4.14. The van der Waals surface area contributed by atoms with Gasteiger partial charge in [-0.25, -0.2) is 0 Å². The number of nitrogens with zero attached hydrogens (tertiary/aromatic N) is 1. The number of likely N-dealkylation sites (tertiary alicyclic amines) is 1. The molecule has 2 aromatic carbocycles. The van der Waals surface area contributed by atoms with Gasteiger partial charge in [0.15, 0.2) is 5.43 Å². The van der Waals surface area contributed by atoms with Gasteiger partial charge in [-0.15, -0.1) is 0 Å². The highest BCUT2D eigenvalue weighted by molar-refractivity contribution is 5.86. The Hall–Kier alpha value is -3.52. The normalized spacial score (nSPS) is 16.0. The molecule has 0 spiro atoms. The molecule has 2 heterocycles. The second-order valence-corrected chi connectivity index (χ2v) is 7.77. The number of methoxy groups -OCH3 is 3. The van der Waals surface area contributed by atoms with Crippen LogP contribution in [0.25, 0.3) is 22.3 Å². The monoisotopic (exact) mass is 453 g/mol. The summed E-state index contributed by atoms with van der Waals surface area (Å²) in [6, 6.07) is 11.9. The lowest BCUT2D eigenvalue weighted by molar-refractivity contribution is -0.145. The predicted molar refractivity (Wildman–Crippen MR) is 123 cm³/mol. The van der Waals surface area contributed by atoms with Crippen molar-refractivity contribution in [2.24, 2.45) is 0 Å². The second-order valence-electron chi connectivity index (χ2n) is 7.77. The van der Waals surface area contributed by atoms with Gasteiger partial charge < -0.3 is 23.4 Å². The lowest BCUT2D eigenvalue weighted by atomic mass is 10.1. The number of ether oxygens (including phenoxy) is 4. The summed E-state index contributed by atoms with van der Waals surface area (Å²) in [4.78, 5) is 26.7. The first-order valence-electron chi connectivity index (χ1n) is 10.8. The molecule has 1 atom stereocenters. The lowest BCUT2D eigenvalue weighted by Gasteiger charge is -2.22. The Labute approximate surface area is 191 Å². The van der Waals surface area contributed by atoms with Crippen LogP contribution in [0, 0.1) is 0 Å². The number of hydrogen-bond acceptors (Lipinski definition) is 8. The van der Waals surface area contributed by atoms with E-state index in [2.05, 4.69) is 4.90 Å². The Bertz CT molecular complexity index is 1190. The van der Waals surface area contributed by atoms with Crippen LogP contribution in [0.1, 0.15) is 12.8 Å². The fraction of sp³-hybridized carbons (Fsp3) is 0.360. The topological polar surface area (TPSA) is 87.4 Å². The highest BCUT2D eigenvalue weighted by Crippen LogP contribution is 2.32. The van der Waals surface area contributed by atoms with E-state index in [1.807, 2.05) is 24.3 Å². The molecule has 0 aliphatic carbocycles. The lowest BCUT2D eigenvalue weighted by Crippen LogP contribution is -2.39. The van der Waals surface area contributed by atoms with E-state index in [4.69, 9.17) is 23.4 Å². The summed E-state index contributed by atoms with van der Waals surface area (Å²) in [5.74, 6) is 1.88. The number of rotatable bonds is 8.